The van der Waals surface area contributed by atoms with Crippen molar-refractivity contribution in [1.29, 1.82) is 0 Å². The second kappa shape index (κ2) is 7.51. The Morgan fingerprint density at radius 2 is 2.04 bits per heavy atom. The van der Waals surface area contributed by atoms with Gasteiger partial charge in [-0.3, -0.25) is 9.10 Å². The highest BCUT2D eigenvalue weighted by Crippen LogP contribution is 2.34. The third kappa shape index (κ3) is 4.02. The molecule has 0 bridgehead atoms. The van der Waals surface area contributed by atoms with E-state index in [1.807, 2.05) is 13.8 Å². The van der Waals surface area contributed by atoms with Crippen LogP contribution in [0, 0.1) is 11.7 Å². The zero-order chi connectivity index (χ0) is 19.6. The molecular weight excluding hydrogens is 373 g/mol. The van der Waals surface area contributed by atoms with E-state index in [-0.39, 0.29) is 47.0 Å². The molecule has 0 atom stereocenters. The van der Waals surface area contributed by atoms with E-state index in [4.69, 9.17) is 4.74 Å². The molecule has 7 nitrogen and oxygen atoms in total. The van der Waals surface area contributed by atoms with E-state index in [1.54, 1.807) is 0 Å². The fourth-order valence-corrected chi connectivity index (χ4v) is 4.02. The SMILES string of the molecule is CC(C)CNC(=O)c1cnc2c(c1)N(S(=O)(=O)c1ccc(F)cc1)CCO2. The molecule has 0 aliphatic carbocycles. The van der Waals surface area contributed by atoms with Crippen molar-refractivity contribution in [3.8, 4) is 5.88 Å². The van der Waals surface area contributed by atoms with Crippen LogP contribution in [0.4, 0.5) is 10.1 Å². The number of carbonyl (C=O) groups excluding carboxylic acids is 1. The smallest absolute Gasteiger partial charge is 0.264 e. The molecule has 2 aromatic rings. The monoisotopic (exact) mass is 393 g/mol. The molecule has 0 saturated carbocycles. The van der Waals surface area contributed by atoms with Crippen LogP contribution in [0.3, 0.4) is 0 Å². The zero-order valence-electron chi connectivity index (χ0n) is 15.0. The first-order valence-corrected chi connectivity index (χ1v) is 9.92. The number of benzene rings is 1. The molecule has 1 aliphatic rings. The second-order valence-corrected chi connectivity index (χ2v) is 8.39. The number of sulfonamides is 1. The summed E-state index contributed by atoms with van der Waals surface area (Å²) < 4.78 is 45.7. The van der Waals surface area contributed by atoms with Gasteiger partial charge in [0, 0.05) is 12.7 Å². The topological polar surface area (TPSA) is 88.6 Å². The lowest BCUT2D eigenvalue weighted by molar-refractivity contribution is 0.0948. The summed E-state index contributed by atoms with van der Waals surface area (Å²) in [4.78, 5) is 16.3. The van der Waals surface area contributed by atoms with Gasteiger partial charge in [-0.25, -0.2) is 17.8 Å². The quantitative estimate of drug-likeness (QED) is 0.841. The summed E-state index contributed by atoms with van der Waals surface area (Å²) in [6.45, 7) is 4.61. The van der Waals surface area contributed by atoms with Crippen LogP contribution in [0.1, 0.15) is 24.2 Å². The van der Waals surface area contributed by atoms with Crippen molar-refractivity contribution < 1.29 is 22.3 Å². The number of amides is 1. The van der Waals surface area contributed by atoms with Gasteiger partial charge in [0.25, 0.3) is 15.9 Å². The summed E-state index contributed by atoms with van der Waals surface area (Å²) in [5, 5.41) is 2.77. The molecule has 0 unspecified atom stereocenters. The first-order valence-electron chi connectivity index (χ1n) is 8.48. The Bertz CT molecular complexity index is 946. The van der Waals surface area contributed by atoms with Crippen LogP contribution in [-0.4, -0.2) is 39.0 Å². The van der Waals surface area contributed by atoms with E-state index in [2.05, 4.69) is 10.3 Å². The minimum Gasteiger partial charge on any atom is -0.474 e. The lowest BCUT2D eigenvalue weighted by Crippen LogP contribution is -2.38. The molecule has 0 radical (unpaired) electrons. The number of fused-ring (bicyclic) bond motifs is 1. The highest BCUT2D eigenvalue weighted by Gasteiger charge is 2.31. The Kier molecular flexibility index (Phi) is 5.31. The van der Waals surface area contributed by atoms with E-state index < -0.39 is 15.8 Å². The fourth-order valence-electron chi connectivity index (χ4n) is 2.58. The summed E-state index contributed by atoms with van der Waals surface area (Å²) in [6, 6.07) is 6.02. The van der Waals surface area contributed by atoms with Crippen LogP contribution in [0.15, 0.2) is 41.4 Å². The van der Waals surface area contributed by atoms with E-state index >= 15 is 0 Å². The minimum atomic E-state index is -3.95. The van der Waals surface area contributed by atoms with Crippen LogP contribution in [0.2, 0.25) is 0 Å². The van der Waals surface area contributed by atoms with E-state index in [1.165, 1.54) is 24.4 Å². The third-order valence-corrected chi connectivity index (χ3v) is 5.80. The highest BCUT2D eigenvalue weighted by molar-refractivity contribution is 7.92. The molecule has 144 valence electrons. The van der Waals surface area contributed by atoms with E-state index in [9.17, 15) is 17.6 Å². The van der Waals surface area contributed by atoms with Gasteiger partial charge in [-0.1, -0.05) is 13.8 Å². The summed E-state index contributed by atoms with van der Waals surface area (Å²) in [5.41, 5.74) is 0.418. The first kappa shape index (κ1) is 19.1. The van der Waals surface area contributed by atoms with Crippen LogP contribution in [-0.2, 0) is 10.0 Å². The maximum absolute atomic E-state index is 13.1. The summed E-state index contributed by atoms with van der Waals surface area (Å²) in [6.07, 6.45) is 1.35. The van der Waals surface area contributed by atoms with Crippen molar-refractivity contribution >= 4 is 21.6 Å². The number of carbonyl (C=O) groups is 1. The fraction of sp³-hybridized carbons (Fsp3) is 0.333. The average Bonchev–Trinajstić information content (AvgIpc) is 2.65. The molecule has 1 amide bonds. The zero-order valence-corrected chi connectivity index (χ0v) is 15.8. The Morgan fingerprint density at radius 1 is 1.33 bits per heavy atom. The Balaban J connectivity index is 1.96. The van der Waals surface area contributed by atoms with Gasteiger partial charge in [0.05, 0.1) is 17.0 Å². The number of nitrogens with one attached hydrogen (secondary N) is 1. The Morgan fingerprint density at radius 3 is 2.70 bits per heavy atom. The molecule has 0 saturated heterocycles. The van der Waals surface area contributed by atoms with Gasteiger partial charge in [0.2, 0.25) is 5.88 Å². The van der Waals surface area contributed by atoms with Crippen molar-refractivity contribution in [2.24, 2.45) is 5.92 Å². The van der Waals surface area contributed by atoms with E-state index in [0.717, 1.165) is 16.4 Å². The highest BCUT2D eigenvalue weighted by atomic mass is 32.2. The van der Waals surface area contributed by atoms with Crippen LogP contribution in [0.5, 0.6) is 5.88 Å². The number of hydrogen-bond donors (Lipinski definition) is 1. The van der Waals surface area contributed by atoms with Crippen molar-refractivity contribution in [2.45, 2.75) is 18.7 Å². The number of anilines is 1. The molecule has 0 spiro atoms. The van der Waals surface area contributed by atoms with Gasteiger partial charge in [-0.2, -0.15) is 0 Å². The number of nitrogens with zero attached hydrogens (tertiary/aromatic N) is 2. The molecular formula is C18H20FN3O4S. The maximum atomic E-state index is 13.1. The van der Waals surface area contributed by atoms with Gasteiger partial charge in [0.15, 0.2) is 0 Å². The standard InChI is InChI=1S/C18H20FN3O4S/c1-12(2)10-20-17(23)13-9-16-18(21-11-13)26-8-7-22(16)27(24,25)15-5-3-14(19)4-6-15/h3-6,9,11-12H,7-8,10H2,1-2H3,(H,20,23). The number of rotatable bonds is 5. The summed E-state index contributed by atoms with van der Waals surface area (Å²) >= 11 is 0. The molecule has 1 aliphatic heterocycles. The lowest BCUT2D eigenvalue weighted by Gasteiger charge is -2.29. The van der Waals surface area contributed by atoms with Gasteiger partial charge >= 0.3 is 0 Å². The molecule has 1 aromatic carbocycles. The molecule has 3 rings (SSSR count). The first-order chi connectivity index (χ1) is 12.8. The molecule has 0 fully saturated rings. The predicted molar refractivity (Wildman–Crippen MR) is 97.8 cm³/mol. The van der Waals surface area contributed by atoms with Crippen molar-refractivity contribution in [3.63, 3.8) is 0 Å². The molecule has 9 heteroatoms. The normalized spacial score (nSPS) is 13.9. The van der Waals surface area contributed by atoms with Gasteiger partial charge in [-0.15, -0.1) is 0 Å². The number of pyridine rings is 1. The third-order valence-electron chi connectivity index (χ3n) is 3.97. The number of aromatic nitrogens is 1. The van der Waals surface area contributed by atoms with Crippen LogP contribution >= 0.6 is 0 Å². The van der Waals surface area contributed by atoms with Crippen LogP contribution < -0.4 is 14.4 Å². The molecule has 2 heterocycles. The predicted octanol–water partition coefficient (Wildman–Crippen LogP) is 2.19. The summed E-state index contributed by atoms with van der Waals surface area (Å²) in [5.74, 6) is -0.462. The van der Waals surface area contributed by atoms with Gasteiger partial charge in [0.1, 0.15) is 18.1 Å². The lowest BCUT2D eigenvalue weighted by atomic mass is 10.2. The largest absolute Gasteiger partial charge is 0.474 e. The van der Waals surface area contributed by atoms with E-state index in [0.29, 0.717) is 6.54 Å². The molecule has 1 aromatic heterocycles. The summed E-state index contributed by atoms with van der Waals surface area (Å²) in [7, 11) is -3.95. The van der Waals surface area contributed by atoms with Gasteiger partial charge < -0.3 is 10.1 Å². The number of hydrogen-bond acceptors (Lipinski definition) is 5. The Labute approximate surface area is 157 Å². The second-order valence-electron chi connectivity index (χ2n) is 6.53. The van der Waals surface area contributed by atoms with Crippen molar-refractivity contribution in [3.05, 3.63) is 47.9 Å². The van der Waals surface area contributed by atoms with Crippen LogP contribution in [0.25, 0.3) is 0 Å². The average molecular weight is 393 g/mol. The number of halogens is 1. The Hall–Kier alpha value is -2.68. The van der Waals surface area contributed by atoms with Crippen molar-refractivity contribution in [2.75, 3.05) is 24.0 Å². The number of ether oxygens (including phenoxy) is 1. The molecule has 1 N–H and O–H groups in total. The van der Waals surface area contributed by atoms with Gasteiger partial charge in [-0.05, 0) is 36.2 Å². The minimum absolute atomic E-state index is 0.0496. The maximum Gasteiger partial charge on any atom is 0.264 e. The molecule has 27 heavy (non-hydrogen) atoms. The van der Waals surface area contributed by atoms with Crippen molar-refractivity contribution in [1.82, 2.24) is 10.3 Å².